The molecule has 0 fully saturated rings. The Morgan fingerprint density at radius 2 is 1.88 bits per heavy atom. The van der Waals surface area contributed by atoms with E-state index in [1.165, 1.54) is 0 Å². The fourth-order valence-corrected chi connectivity index (χ4v) is 1.53. The lowest BCUT2D eigenvalue weighted by Crippen LogP contribution is -1.96. The van der Waals surface area contributed by atoms with E-state index in [-0.39, 0.29) is 5.78 Å². The molecule has 0 spiro atoms. The van der Waals surface area contributed by atoms with Gasteiger partial charge in [-0.25, -0.2) is 0 Å². The predicted molar refractivity (Wildman–Crippen MR) is 68.8 cm³/mol. The molecular weight excluding hydrogens is 210 g/mol. The molecule has 0 aliphatic carbocycles. The number of carbonyl (C=O) groups excluding carboxylic acids is 1. The molecule has 0 unspecified atom stereocenters. The van der Waals surface area contributed by atoms with E-state index >= 15 is 0 Å². The average Bonchev–Trinajstić information content (AvgIpc) is 2.38. The first kappa shape index (κ1) is 11.3. The second-order valence-corrected chi connectivity index (χ2v) is 3.77. The number of benzene rings is 1. The third-order valence-electron chi connectivity index (χ3n) is 2.52. The highest BCUT2D eigenvalue weighted by atomic mass is 16.1. The molecule has 0 bridgehead atoms. The molecule has 2 heteroatoms. The van der Waals surface area contributed by atoms with Gasteiger partial charge in [-0.05, 0) is 36.3 Å². The summed E-state index contributed by atoms with van der Waals surface area (Å²) in [6.45, 7) is 2.02. The maximum atomic E-state index is 11.8. The van der Waals surface area contributed by atoms with Crippen molar-refractivity contribution < 1.29 is 4.79 Å². The largest absolute Gasteiger partial charge is 0.288 e. The topological polar surface area (TPSA) is 30.0 Å². The molecule has 17 heavy (non-hydrogen) atoms. The number of pyridine rings is 1. The average molecular weight is 223 g/mol. The summed E-state index contributed by atoms with van der Waals surface area (Å²) in [5, 5.41) is 0. The van der Waals surface area contributed by atoms with Crippen molar-refractivity contribution in [2.75, 3.05) is 0 Å². The van der Waals surface area contributed by atoms with E-state index < -0.39 is 0 Å². The number of ketones is 1. The molecule has 2 nitrogen and oxygen atoms in total. The van der Waals surface area contributed by atoms with Crippen LogP contribution >= 0.6 is 0 Å². The van der Waals surface area contributed by atoms with Crippen molar-refractivity contribution in [2.24, 2.45) is 0 Å². The normalized spacial score (nSPS) is 10.6. The molecule has 2 rings (SSSR count). The third kappa shape index (κ3) is 2.88. The lowest BCUT2D eigenvalue weighted by molar-refractivity contribution is 0.104. The zero-order chi connectivity index (χ0) is 12.1. The summed E-state index contributed by atoms with van der Waals surface area (Å²) in [7, 11) is 0. The Labute approximate surface area is 101 Å². The molecule has 0 N–H and O–H groups in total. The summed E-state index contributed by atoms with van der Waals surface area (Å²) in [5.74, 6) is -0.0751. The van der Waals surface area contributed by atoms with E-state index in [2.05, 4.69) is 4.98 Å². The van der Waals surface area contributed by atoms with Crippen LogP contribution in [-0.2, 0) is 0 Å². The molecule has 2 aromatic rings. The summed E-state index contributed by atoms with van der Waals surface area (Å²) >= 11 is 0. The van der Waals surface area contributed by atoms with Crippen molar-refractivity contribution in [2.45, 2.75) is 6.92 Å². The van der Waals surface area contributed by atoms with Crippen LogP contribution in [0.5, 0.6) is 0 Å². The highest BCUT2D eigenvalue weighted by molar-refractivity contribution is 6.05. The van der Waals surface area contributed by atoms with E-state index in [1.807, 2.05) is 43.3 Å². The molecule has 84 valence electrons. The van der Waals surface area contributed by atoms with Crippen molar-refractivity contribution in [3.8, 4) is 0 Å². The fraction of sp³-hybridized carbons (Fsp3) is 0.0667. The molecule has 0 aliphatic rings. The van der Waals surface area contributed by atoms with Crippen LogP contribution in [0.4, 0.5) is 0 Å². The van der Waals surface area contributed by atoms with Crippen LogP contribution in [-0.4, -0.2) is 10.8 Å². The molecule has 1 aromatic carbocycles. The van der Waals surface area contributed by atoms with Crippen LogP contribution in [0.3, 0.4) is 0 Å². The van der Waals surface area contributed by atoms with Gasteiger partial charge in [0.2, 0.25) is 5.78 Å². The molecule has 0 amide bonds. The molecule has 0 saturated carbocycles. The maximum Gasteiger partial charge on any atom is 0.204 e. The molecule has 0 radical (unpaired) electrons. The number of aromatic nitrogens is 1. The van der Waals surface area contributed by atoms with Gasteiger partial charge in [-0.2, -0.15) is 0 Å². The molecule has 1 aromatic heterocycles. The summed E-state index contributed by atoms with van der Waals surface area (Å²) in [6.07, 6.45) is 5.01. The van der Waals surface area contributed by atoms with Crippen molar-refractivity contribution in [1.29, 1.82) is 0 Å². The van der Waals surface area contributed by atoms with Crippen LogP contribution in [0.25, 0.3) is 6.08 Å². The van der Waals surface area contributed by atoms with Gasteiger partial charge in [-0.3, -0.25) is 9.78 Å². The number of allylic oxidation sites excluding steroid dienone is 1. The van der Waals surface area contributed by atoms with Crippen LogP contribution in [0.1, 0.15) is 21.6 Å². The number of hydrogen-bond donors (Lipinski definition) is 0. The van der Waals surface area contributed by atoms with Gasteiger partial charge in [0.1, 0.15) is 5.69 Å². The Bertz CT molecular complexity index is 544. The van der Waals surface area contributed by atoms with Gasteiger partial charge in [0.25, 0.3) is 0 Å². The van der Waals surface area contributed by atoms with Crippen molar-refractivity contribution in [3.63, 3.8) is 0 Å². The number of carbonyl (C=O) groups is 1. The molecule has 0 aliphatic heterocycles. The van der Waals surface area contributed by atoms with E-state index in [4.69, 9.17) is 0 Å². The summed E-state index contributed by atoms with van der Waals surface area (Å²) < 4.78 is 0. The van der Waals surface area contributed by atoms with Crippen LogP contribution in [0, 0.1) is 6.92 Å². The fourth-order valence-electron chi connectivity index (χ4n) is 1.53. The minimum atomic E-state index is -0.0751. The quantitative estimate of drug-likeness (QED) is 0.590. The smallest absolute Gasteiger partial charge is 0.204 e. The SMILES string of the molecule is Cc1ccccc1C=CC(=O)c1ccccn1. The molecular formula is C15H13NO. The summed E-state index contributed by atoms with van der Waals surface area (Å²) in [5.41, 5.74) is 2.67. The first-order valence-electron chi connectivity index (χ1n) is 5.46. The van der Waals surface area contributed by atoms with Crippen molar-refractivity contribution in [1.82, 2.24) is 4.98 Å². The van der Waals surface area contributed by atoms with E-state index in [9.17, 15) is 4.79 Å². The second-order valence-electron chi connectivity index (χ2n) is 3.77. The number of rotatable bonds is 3. The summed E-state index contributed by atoms with van der Waals surface area (Å²) in [4.78, 5) is 15.8. The standard InChI is InChI=1S/C15H13NO/c1-12-6-2-3-7-13(12)9-10-15(17)14-8-4-5-11-16-14/h2-11H,1H3. The molecule has 1 heterocycles. The summed E-state index contributed by atoms with van der Waals surface area (Å²) in [6, 6.07) is 13.3. The Morgan fingerprint density at radius 1 is 1.12 bits per heavy atom. The van der Waals surface area contributed by atoms with Gasteiger partial charge >= 0.3 is 0 Å². The molecule has 0 saturated heterocycles. The Kier molecular flexibility index (Phi) is 3.46. The lowest BCUT2D eigenvalue weighted by atomic mass is 10.1. The Hall–Kier alpha value is -2.22. The number of aryl methyl sites for hydroxylation is 1. The van der Waals surface area contributed by atoms with E-state index in [0.29, 0.717) is 5.69 Å². The first-order valence-corrected chi connectivity index (χ1v) is 5.46. The van der Waals surface area contributed by atoms with Crippen LogP contribution in [0.15, 0.2) is 54.7 Å². The highest BCUT2D eigenvalue weighted by Gasteiger charge is 2.01. The minimum Gasteiger partial charge on any atom is -0.288 e. The third-order valence-corrected chi connectivity index (χ3v) is 2.52. The zero-order valence-corrected chi connectivity index (χ0v) is 9.63. The predicted octanol–water partition coefficient (Wildman–Crippen LogP) is 3.29. The van der Waals surface area contributed by atoms with Gasteiger partial charge in [0, 0.05) is 6.20 Å². The van der Waals surface area contributed by atoms with E-state index in [0.717, 1.165) is 11.1 Å². The van der Waals surface area contributed by atoms with Crippen LogP contribution < -0.4 is 0 Å². The Morgan fingerprint density at radius 3 is 2.59 bits per heavy atom. The van der Waals surface area contributed by atoms with E-state index in [1.54, 1.807) is 24.4 Å². The van der Waals surface area contributed by atoms with Crippen molar-refractivity contribution in [3.05, 3.63) is 71.6 Å². The van der Waals surface area contributed by atoms with Crippen LogP contribution in [0.2, 0.25) is 0 Å². The van der Waals surface area contributed by atoms with Gasteiger partial charge < -0.3 is 0 Å². The lowest BCUT2D eigenvalue weighted by Gasteiger charge is -1.98. The van der Waals surface area contributed by atoms with Gasteiger partial charge in [0.15, 0.2) is 0 Å². The monoisotopic (exact) mass is 223 g/mol. The maximum absolute atomic E-state index is 11.8. The first-order chi connectivity index (χ1) is 8.27. The van der Waals surface area contributed by atoms with Gasteiger partial charge in [-0.15, -0.1) is 0 Å². The Balaban J connectivity index is 2.17. The second kappa shape index (κ2) is 5.21. The number of nitrogens with zero attached hydrogens (tertiary/aromatic N) is 1. The van der Waals surface area contributed by atoms with Gasteiger partial charge in [-0.1, -0.05) is 36.4 Å². The molecule has 0 atom stereocenters. The highest BCUT2D eigenvalue weighted by Crippen LogP contribution is 2.09. The minimum absolute atomic E-state index is 0.0751. The van der Waals surface area contributed by atoms with Gasteiger partial charge in [0.05, 0.1) is 0 Å². The zero-order valence-electron chi connectivity index (χ0n) is 9.63. The van der Waals surface area contributed by atoms with Crippen molar-refractivity contribution >= 4 is 11.9 Å². The number of hydrogen-bond acceptors (Lipinski definition) is 2.